The summed E-state index contributed by atoms with van der Waals surface area (Å²) < 4.78 is 27.7. The molecular formula is C9H14O3S. The summed E-state index contributed by atoms with van der Waals surface area (Å²) in [5.74, 6) is 0.497. The number of sulfone groups is 1. The van der Waals surface area contributed by atoms with E-state index in [1.807, 2.05) is 13.8 Å². The van der Waals surface area contributed by atoms with Gasteiger partial charge in [-0.05, 0) is 12.0 Å². The van der Waals surface area contributed by atoms with E-state index in [1.165, 1.54) is 12.5 Å². The fraction of sp³-hybridized carbons (Fsp3) is 0.556. The third-order valence-electron chi connectivity index (χ3n) is 1.55. The highest BCUT2D eigenvalue weighted by Gasteiger charge is 2.14. The Kier molecular flexibility index (Phi) is 3.14. The summed E-state index contributed by atoms with van der Waals surface area (Å²) in [5, 5.41) is 0. The first-order valence-electron chi connectivity index (χ1n) is 4.21. The third-order valence-corrected chi connectivity index (χ3v) is 3.50. The molecule has 1 rings (SSSR count). The van der Waals surface area contributed by atoms with E-state index in [0.29, 0.717) is 0 Å². The van der Waals surface area contributed by atoms with Crippen molar-refractivity contribution in [3.05, 3.63) is 24.2 Å². The van der Waals surface area contributed by atoms with Gasteiger partial charge >= 0.3 is 0 Å². The molecule has 3 nitrogen and oxygen atoms in total. The standard InChI is InChI=1S/C9H14O3S/c1-8(2)6-13(10,11)7-9-3-4-12-5-9/h3-5,8H,6-7H2,1-2H3. The Bertz CT molecular complexity index is 335. The summed E-state index contributed by atoms with van der Waals surface area (Å²) in [4.78, 5) is 0. The Morgan fingerprint density at radius 2 is 2.15 bits per heavy atom. The molecule has 0 unspecified atom stereocenters. The van der Waals surface area contributed by atoms with Crippen molar-refractivity contribution in [1.82, 2.24) is 0 Å². The van der Waals surface area contributed by atoms with E-state index in [2.05, 4.69) is 0 Å². The molecule has 0 atom stereocenters. The monoisotopic (exact) mass is 202 g/mol. The highest BCUT2D eigenvalue weighted by Crippen LogP contribution is 2.09. The van der Waals surface area contributed by atoms with Crippen LogP contribution in [0.15, 0.2) is 23.0 Å². The molecule has 0 aliphatic carbocycles. The fourth-order valence-corrected chi connectivity index (χ4v) is 3.00. The smallest absolute Gasteiger partial charge is 0.154 e. The Hall–Kier alpha value is -0.770. The molecule has 0 aliphatic rings. The van der Waals surface area contributed by atoms with E-state index in [9.17, 15) is 8.42 Å². The van der Waals surface area contributed by atoms with Gasteiger partial charge < -0.3 is 4.42 Å². The number of furan rings is 1. The lowest BCUT2D eigenvalue weighted by molar-refractivity contribution is 0.562. The maximum atomic E-state index is 11.5. The molecule has 0 fully saturated rings. The van der Waals surface area contributed by atoms with E-state index in [1.54, 1.807) is 6.07 Å². The van der Waals surface area contributed by atoms with Crippen LogP contribution in [0.3, 0.4) is 0 Å². The Morgan fingerprint density at radius 1 is 1.46 bits per heavy atom. The predicted octanol–water partition coefficient (Wildman–Crippen LogP) is 1.85. The van der Waals surface area contributed by atoms with Crippen LogP contribution in [0.2, 0.25) is 0 Å². The lowest BCUT2D eigenvalue weighted by Gasteiger charge is -2.04. The minimum atomic E-state index is -2.96. The van der Waals surface area contributed by atoms with Gasteiger partial charge in [-0.15, -0.1) is 0 Å². The average Bonchev–Trinajstić information content (AvgIpc) is 2.34. The molecular weight excluding hydrogens is 188 g/mol. The number of hydrogen-bond donors (Lipinski definition) is 0. The molecule has 1 heterocycles. The van der Waals surface area contributed by atoms with Gasteiger partial charge in [-0.1, -0.05) is 13.8 Å². The molecule has 0 radical (unpaired) electrons. The molecule has 0 aliphatic heterocycles. The molecule has 0 bridgehead atoms. The maximum absolute atomic E-state index is 11.5. The molecule has 4 heteroatoms. The minimum Gasteiger partial charge on any atom is -0.472 e. The zero-order chi connectivity index (χ0) is 9.90. The topological polar surface area (TPSA) is 47.3 Å². The molecule has 0 N–H and O–H groups in total. The van der Waals surface area contributed by atoms with Crippen molar-refractivity contribution in [2.75, 3.05) is 5.75 Å². The van der Waals surface area contributed by atoms with Crippen molar-refractivity contribution < 1.29 is 12.8 Å². The van der Waals surface area contributed by atoms with E-state index in [0.717, 1.165) is 5.56 Å². The zero-order valence-electron chi connectivity index (χ0n) is 7.86. The lowest BCUT2D eigenvalue weighted by Crippen LogP contribution is -2.13. The van der Waals surface area contributed by atoms with Crippen LogP contribution in [0.4, 0.5) is 0 Å². The van der Waals surface area contributed by atoms with Crippen molar-refractivity contribution >= 4 is 9.84 Å². The first-order chi connectivity index (χ1) is 5.99. The van der Waals surface area contributed by atoms with E-state index in [-0.39, 0.29) is 17.4 Å². The van der Waals surface area contributed by atoms with Crippen molar-refractivity contribution in [1.29, 1.82) is 0 Å². The quantitative estimate of drug-likeness (QED) is 0.748. The van der Waals surface area contributed by atoms with Gasteiger partial charge in [0.05, 0.1) is 24.0 Å². The average molecular weight is 202 g/mol. The van der Waals surface area contributed by atoms with Crippen molar-refractivity contribution in [3.8, 4) is 0 Å². The van der Waals surface area contributed by atoms with E-state index < -0.39 is 9.84 Å². The van der Waals surface area contributed by atoms with Crippen LogP contribution in [0.5, 0.6) is 0 Å². The second-order valence-corrected chi connectivity index (χ2v) is 5.69. The number of rotatable bonds is 4. The molecule has 0 amide bonds. The molecule has 1 aromatic rings. The van der Waals surface area contributed by atoms with Gasteiger partial charge in [0.15, 0.2) is 9.84 Å². The first-order valence-corrected chi connectivity index (χ1v) is 6.03. The highest BCUT2D eigenvalue weighted by molar-refractivity contribution is 7.90. The van der Waals surface area contributed by atoms with Crippen LogP contribution in [0.1, 0.15) is 19.4 Å². The van der Waals surface area contributed by atoms with Gasteiger partial charge in [0.2, 0.25) is 0 Å². The molecule has 0 saturated heterocycles. The molecule has 13 heavy (non-hydrogen) atoms. The van der Waals surface area contributed by atoms with Gasteiger partial charge in [-0.3, -0.25) is 0 Å². The minimum absolute atomic E-state index is 0.0850. The molecule has 0 saturated carbocycles. The van der Waals surface area contributed by atoms with Crippen LogP contribution in [-0.2, 0) is 15.6 Å². The van der Waals surface area contributed by atoms with Gasteiger partial charge in [0.25, 0.3) is 0 Å². The van der Waals surface area contributed by atoms with E-state index in [4.69, 9.17) is 4.42 Å². The predicted molar refractivity (Wildman–Crippen MR) is 51.0 cm³/mol. The Morgan fingerprint density at radius 3 is 2.62 bits per heavy atom. The second-order valence-electron chi connectivity index (χ2n) is 3.58. The van der Waals surface area contributed by atoms with Crippen LogP contribution in [0.25, 0.3) is 0 Å². The van der Waals surface area contributed by atoms with Crippen LogP contribution in [-0.4, -0.2) is 14.2 Å². The Balaban J connectivity index is 2.63. The van der Waals surface area contributed by atoms with Crippen LogP contribution < -0.4 is 0 Å². The van der Waals surface area contributed by atoms with Crippen molar-refractivity contribution in [3.63, 3.8) is 0 Å². The van der Waals surface area contributed by atoms with Gasteiger partial charge in [0.1, 0.15) is 0 Å². The molecule has 1 aromatic heterocycles. The Labute approximate surface area is 78.7 Å². The second kappa shape index (κ2) is 3.96. The normalized spacial score (nSPS) is 12.2. The van der Waals surface area contributed by atoms with Crippen molar-refractivity contribution in [2.24, 2.45) is 5.92 Å². The highest BCUT2D eigenvalue weighted by atomic mass is 32.2. The summed E-state index contributed by atoms with van der Waals surface area (Å²) in [6.45, 7) is 3.79. The number of hydrogen-bond acceptors (Lipinski definition) is 3. The summed E-state index contributed by atoms with van der Waals surface area (Å²) in [5.41, 5.74) is 0.723. The fourth-order valence-electron chi connectivity index (χ4n) is 1.20. The largest absolute Gasteiger partial charge is 0.472 e. The van der Waals surface area contributed by atoms with Gasteiger partial charge in [-0.25, -0.2) is 8.42 Å². The molecule has 0 aromatic carbocycles. The van der Waals surface area contributed by atoms with Crippen molar-refractivity contribution in [2.45, 2.75) is 19.6 Å². The van der Waals surface area contributed by atoms with Gasteiger partial charge in [0, 0.05) is 5.56 Å². The van der Waals surface area contributed by atoms with Crippen LogP contribution >= 0.6 is 0 Å². The SMILES string of the molecule is CC(C)CS(=O)(=O)Cc1ccoc1. The van der Waals surface area contributed by atoms with Crippen LogP contribution in [0, 0.1) is 5.92 Å². The summed E-state index contributed by atoms with van der Waals surface area (Å²) in [6, 6.07) is 1.68. The van der Waals surface area contributed by atoms with E-state index >= 15 is 0 Å². The molecule has 0 spiro atoms. The first kappa shape index (κ1) is 10.3. The summed E-state index contributed by atoms with van der Waals surface area (Å²) in [7, 11) is -2.96. The zero-order valence-corrected chi connectivity index (χ0v) is 8.67. The lowest BCUT2D eigenvalue weighted by atomic mass is 10.3. The third kappa shape index (κ3) is 3.63. The summed E-state index contributed by atoms with van der Waals surface area (Å²) >= 11 is 0. The van der Waals surface area contributed by atoms with Gasteiger partial charge in [-0.2, -0.15) is 0 Å². The molecule has 74 valence electrons. The summed E-state index contributed by atoms with van der Waals surface area (Å²) in [6.07, 6.45) is 2.96. The maximum Gasteiger partial charge on any atom is 0.154 e.